The number of halogens is 3. The van der Waals surface area contributed by atoms with Crippen molar-refractivity contribution in [3.8, 4) is 0 Å². The molecule has 9 nitrogen and oxygen atoms in total. The van der Waals surface area contributed by atoms with Gasteiger partial charge in [-0.1, -0.05) is 19.1 Å². The number of nitrogens with two attached hydrogens (primary N) is 1. The third-order valence-corrected chi connectivity index (χ3v) is 8.00. The van der Waals surface area contributed by atoms with E-state index in [1.165, 1.54) is 42.6 Å². The van der Waals surface area contributed by atoms with Gasteiger partial charge in [0.05, 0.1) is 17.1 Å². The van der Waals surface area contributed by atoms with Crippen LogP contribution in [0.3, 0.4) is 0 Å². The Morgan fingerprint density at radius 3 is 2.50 bits per heavy atom. The maximum atomic E-state index is 13.7. The number of amides is 1. The fourth-order valence-electron chi connectivity index (χ4n) is 4.75. The van der Waals surface area contributed by atoms with E-state index in [1.54, 1.807) is 0 Å². The number of carbonyl (C=O) groups excluding carboxylic acids is 1. The second-order valence-electron chi connectivity index (χ2n) is 9.83. The third kappa shape index (κ3) is 5.42. The smallest absolute Gasteiger partial charge is 0.365 e. The zero-order valence-electron chi connectivity index (χ0n) is 21.0. The molecule has 1 amide bonds. The summed E-state index contributed by atoms with van der Waals surface area (Å²) in [6, 6.07) is 8.86. The first kappa shape index (κ1) is 27.3. The number of carbonyl (C=O) groups is 1. The van der Waals surface area contributed by atoms with Crippen LogP contribution in [-0.4, -0.2) is 41.4 Å². The lowest BCUT2D eigenvalue weighted by atomic mass is 9.97. The molecule has 1 aliphatic rings. The molecule has 202 valence electrons. The van der Waals surface area contributed by atoms with Crippen LogP contribution in [0.1, 0.15) is 48.9 Å². The van der Waals surface area contributed by atoms with Gasteiger partial charge in [-0.15, -0.1) is 0 Å². The number of sulfone groups is 1. The maximum Gasteiger partial charge on any atom is 0.433 e. The Bertz CT molecular complexity index is 1480. The fraction of sp³-hybridized carbons (Fsp3) is 0.360. The predicted octanol–water partition coefficient (Wildman–Crippen LogP) is 4.06. The summed E-state index contributed by atoms with van der Waals surface area (Å²) < 4.78 is 66.2. The number of aromatic nitrogens is 3. The van der Waals surface area contributed by atoms with Gasteiger partial charge in [0, 0.05) is 18.3 Å². The first-order chi connectivity index (χ1) is 17.7. The van der Waals surface area contributed by atoms with Crippen LogP contribution in [0.5, 0.6) is 0 Å². The van der Waals surface area contributed by atoms with Gasteiger partial charge < -0.3 is 16.0 Å². The lowest BCUT2D eigenvalue weighted by Crippen LogP contribution is -2.40. The van der Waals surface area contributed by atoms with Crippen LogP contribution in [0.4, 0.5) is 24.8 Å². The molecule has 38 heavy (non-hydrogen) atoms. The molecule has 1 saturated heterocycles. The van der Waals surface area contributed by atoms with Crippen LogP contribution in [-0.2, 0) is 22.6 Å². The highest BCUT2D eigenvalue weighted by Crippen LogP contribution is 2.39. The summed E-state index contributed by atoms with van der Waals surface area (Å²) in [7, 11) is -4.33. The topological polar surface area (TPSA) is 131 Å². The summed E-state index contributed by atoms with van der Waals surface area (Å²) in [5.41, 5.74) is 4.13. The standard InChI is InChI=1S/C25H27F3N6O3S/c1-15-12-24(2,3)34(14-15)23-21(22(29)35)17(10-11-30-23)38(36,37)20-9-5-8-19(33-20)31-13-16-6-4-7-18(32-16)25(26,27)28/h4-11,15H,12-14H2,1-3H3,(H2,29,35)(H,31,33). The van der Waals surface area contributed by atoms with E-state index in [4.69, 9.17) is 5.73 Å². The normalized spacial score (nSPS) is 17.4. The summed E-state index contributed by atoms with van der Waals surface area (Å²) in [5.74, 6) is -0.358. The van der Waals surface area contributed by atoms with Crippen LogP contribution in [0.25, 0.3) is 0 Å². The van der Waals surface area contributed by atoms with Gasteiger partial charge in [-0.2, -0.15) is 13.2 Å². The minimum Gasteiger partial charge on any atom is -0.365 e. The van der Waals surface area contributed by atoms with Crippen molar-refractivity contribution < 1.29 is 26.4 Å². The van der Waals surface area contributed by atoms with Crippen LogP contribution in [0.2, 0.25) is 0 Å². The largest absolute Gasteiger partial charge is 0.433 e. The van der Waals surface area contributed by atoms with E-state index in [9.17, 15) is 26.4 Å². The summed E-state index contributed by atoms with van der Waals surface area (Å²) in [6.07, 6.45) is -2.46. The summed E-state index contributed by atoms with van der Waals surface area (Å²) in [6.45, 7) is 6.48. The number of hydrogen-bond acceptors (Lipinski definition) is 8. The Labute approximate surface area is 218 Å². The number of rotatable bonds is 7. The molecule has 13 heteroatoms. The molecule has 3 N–H and O–H groups in total. The van der Waals surface area contributed by atoms with E-state index in [1.807, 2.05) is 18.7 Å². The van der Waals surface area contributed by atoms with Gasteiger partial charge >= 0.3 is 6.18 Å². The third-order valence-electron chi connectivity index (χ3n) is 6.30. The molecule has 0 aliphatic carbocycles. The van der Waals surface area contributed by atoms with Crippen molar-refractivity contribution in [3.05, 3.63) is 65.6 Å². The second kappa shape index (κ2) is 9.86. The van der Waals surface area contributed by atoms with E-state index in [-0.39, 0.29) is 44.9 Å². The highest BCUT2D eigenvalue weighted by molar-refractivity contribution is 7.91. The number of primary amides is 1. The van der Waals surface area contributed by atoms with E-state index in [2.05, 4.69) is 27.2 Å². The molecular weight excluding hydrogens is 521 g/mol. The highest BCUT2D eigenvalue weighted by Gasteiger charge is 2.40. The number of anilines is 2. The van der Waals surface area contributed by atoms with Crippen LogP contribution in [0.15, 0.2) is 58.6 Å². The summed E-state index contributed by atoms with van der Waals surface area (Å²) in [4.78, 5) is 26.2. The van der Waals surface area contributed by atoms with Crippen molar-refractivity contribution in [2.75, 3.05) is 16.8 Å². The van der Waals surface area contributed by atoms with Crippen molar-refractivity contribution in [1.82, 2.24) is 15.0 Å². The van der Waals surface area contributed by atoms with Crippen LogP contribution < -0.4 is 16.0 Å². The molecule has 0 bridgehead atoms. The van der Waals surface area contributed by atoms with Crippen molar-refractivity contribution in [3.63, 3.8) is 0 Å². The Morgan fingerprint density at radius 2 is 1.87 bits per heavy atom. The Balaban J connectivity index is 1.67. The van der Waals surface area contributed by atoms with Crippen molar-refractivity contribution in [2.24, 2.45) is 11.7 Å². The minimum absolute atomic E-state index is 0.0899. The molecule has 1 aliphatic heterocycles. The summed E-state index contributed by atoms with van der Waals surface area (Å²) in [5, 5.41) is 2.43. The van der Waals surface area contributed by atoms with Crippen molar-refractivity contribution in [2.45, 2.75) is 55.4 Å². The monoisotopic (exact) mass is 548 g/mol. The van der Waals surface area contributed by atoms with Gasteiger partial charge in [-0.25, -0.2) is 23.4 Å². The molecule has 1 unspecified atom stereocenters. The van der Waals surface area contributed by atoms with E-state index >= 15 is 0 Å². The van der Waals surface area contributed by atoms with Gasteiger partial charge in [0.1, 0.15) is 22.9 Å². The second-order valence-corrected chi connectivity index (χ2v) is 11.7. The molecule has 3 aromatic heterocycles. The molecule has 4 rings (SSSR count). The lowest BCUT2D eigenvalue weighted by molar-refractivity contribution is -0.141. The van der Waals surface area contributed by atoms with Gasteiger partial charge in [0.2, 0.25) is 9.84 Å². The zero-order valence-corrected chi connectivity index (χ0v) is 21.8. The molecule has 1 atom stereocenters. The van der Waals surface area contributed by atoms with Crippen molar-refractivity contribution >= 4 is 27.4 Å². The lowest BCUT2D eigenvalue weighted by Gasteiger charge is -2.33. The molecule has 1 fully saturated rings. The first-order valence-corrected chi connectivity index (χ1v) is 13.2. The SMILES string of the molecule is CC1CN(c2nccc(S(=O)(=O)c3cccc(NCc4cccc(C(F)(F)F)n4)n3)c2C(N)=O)C(C)(C)C1. The van der Waals surface area contributed by atoms with Gasteiger partial charge in [0.15, 0.2) is 5.03 Å². The van der Waals surface area contributed by atoms with Gasteiger partial charge in [-0.3, -0.25) is 4.79 Å². The number of hydrogen-bond donors (Lipinski definition) is 2. The van der Waals surface area contributed by atoms with Gasteiger partial charge in [0.25, 0.3) is 5.91 Å². The average molecular weight is 549 g/mol. The zero-order chi connectivity index (χ0) is 27.9. The van der Waals surface area contributed by atoms with Crippen LogP contribution >= 0.6 is 0 Å². The number of alkyl halides is 3. The number of nitrogens with zero attached hydrogens (tertiary/aromatic N) is 4. The van der Waals surface area contributed by atoms with E-state index < -0.39 is 27.6 Å². The number of nitrogens with one attached hydrogen (secondary N) is 1. The Kier molecular flexibility index (Phi) is 7.08. The molecular formula is C25H27F3N6O3S. The molecule has 0 spiro atoms. The molecule has 3 aromatic rings. The quantitative estimate of drug-likeness (QED) is 0.452. The first-order valence-electron chi connectivity index (χ1n) is 11.8. The van der Waals surface area contributed by atoms with E-state index in [0.29, 0.717) is 12.5 Å². The molecule has 0 saturated carbocycles. The van der Waals surface area contributed by atoms with Crippen LogP contribution in [0, 0.1) is 5.92 Å². The molecule has 0 radical (unpaired) electrons. The number of pyridine rings is 3. The van der Waals surface area contributed by atoms with Crippen molar-refractivity contribution in [1.29, 1.82) is 0 Å². The molecule has 0 aromatic carbocycles. The summed E-state index contributed by atoms with van der Waals surface area (Å²) >= 11 is 0. The average Bonchev–Trinajstić information content (AvgIpc) is 3.13. The Hall–Kier alpha value is -3.74. The minimum atomic E-state index is -4.59. The molecule has 4 heterocycles. The fourth-order valence-corrected chi connectivity index (χ4v) is 6.15. The maximum absolute atomic E-state index is 13.7. The van der Waals surface area contributed by atoms with Gasteiger partial charge in [-0.05, 0) is 56.5 Å². The van der Waals surface area contributed by atoms with E-state index in [0.717, 1.165) is 12.5 Å². The highest BCUT2D eigenvalue weighted by atomic mass is 32.2. The predicted molar refractivity (Wildman–Crippen MR) is 134 cm³/mol. The Morgan fingerprint density at radius 1 is 1.16 bits per heavy atom.